The van der Waals surface area contributed by atoms with Gasteiger partial charge in [-0.15, -0.1) is 0 Å². The average molecular weight is 524 g/mol. The highest BCUT2D eigenvalue weighted by Gasteiger charge is 2.31. The molecule has 0 aliphatic rings. The van der Waals surface area contributed by atoms with Gasteiger partial charge in [-0.25, -0.2) is 4.79 Å². The molecule has 12 nitrogen and oxygen atoms in total. The van der Waals surface area contributed by atoms with Crippen molar-refractivity contribution in [2.45, 2.75) is 37.4 Å². The Labute approximate surface area is 217 Å². The van der Waals surface area contributed by atoms with Gasteiger partial charge in [0.15, 0.2) is 0 Å². The number of nitrogens with two attached hydrogens (primary N) is 1. The van der Waals surface area contributed by atoms with Crippen LogP contribution in [-0.4, -0.2) is 69.5 Å². The van der Waals surface area contributed by atoms with Crippen molar-refractivity contribution in [3.63, 3.8) is 0 Å². The normalized spacial score (nSPS) is 13.2. The van der Waals surface area contributed by atoms with Gasteiger partial charge in [-0.2, -0.15) is 0 Å². The Balaban J connectivity index is 1.76. The number of aliphatic carboxylic acids is 2. The number of H-pyrrole nitrogens is 1. The number of aromatic nitrogens is 1. The number of carboxylic acids is 2. The molecular weight excluding hydrogens is 494 g/mol. The summed E-state index contributed by atoms with van der Waals surface area (Å²) < 4.78 is 0. The third-order valence-corrected chi connectivity index (χ3v) is 5.85. The Morgan fingerprint density at radius 3 is 2.08 bits per heavy atom. The van der Waals surface area contributed by atoms with Crippen molar-refractivity contribution in [2.24, 2.45) is 5.73 Å². The van der Waals surface area contributed by atoms with E-state index in [4.69, 9.17) is 5.73 Å². The number of hydrogen-bond acceptors (Lipinski definition) is 6. The molecule has 12 heteroatoms. The molecule has 8 N–H and O–H groups in total. The van der Waals surface area contributed by atoms with Gasteiger partial charge in [0.2, 0.25) is 17.7 Å². The van der Waals surface area contributed by atoms with Crippen molar-refractivity contribution in [1.82, 2.24) is 20.9 Å². The second-order valence-electron chi connectivity index (χ2n) is 8.64. The van der Waals surface area contributed by atoms with Crippen LogP contribution in [0.1, 0.15) is 17.5 Å². The zero-order valence-corrected chi connectivity index (χ0v) is 20.3. The first kappa shape index (κ1) is 27.9. The van der Waals surface area contributed by atoms with Crippen LogP contribution in [0.2, 0.25) is 0 Å². The summed E-state index contributed by atoms with van der Waals surface area (Å²) in [6.45, 7) is -0.383. The maximum absolute atomic E-state index is 13.1. The molecule has 200 valence electrons. The van der Waals surface area contributed by atoms with Crippen molar-refractivity contribution in [1.29, 1.82) is 0 Å². The SMILES string of the molecule is NCC(=O)NC(Cc1ccccc1)C(=O)NC(CC(=O)O)C(=O)NC(Cc1c[nH]c2ccccc12)C(=O)O. The molecule has 0 aliphatic carbocycles. The van der Waals surface area contributed by atoms with E-state index in [0.29, 0.717) is 11.1 Å². The first-order valence-electron chi connectivity index (χ1n) is 11.8. The molecule has 0 fully saturated rings. The molecule has 38 heavy (non-hydrogen) atoms. The molecule has 3 amide bonds. The van der Waals surface area contributed by atoms with Crippen LogP contribution in [0.15, 0.2) is 60.8 Å². The standard InChI is InChI=1S/C26H29N5O7/c27-13-22(32)29-19(10-15-6-2-1-3-7-15)24(35)30-20(12-23(33)34)25(36)31-21(26(37)38)11-16-14-28-18-9-5-4-8-17(16)18/h1-9,14,19-21,28H,10-13,27H2,(H,29,32)(H,30,35)(H,31,36)(H,33,34)(H,37,38). The molecule has 3 atom stereocenters. The first-order chi connectivity index (χ1) is 18.2. The van der Waals surface area contributed by atoms with Gasteiger partial charge >= 0.3 is 11.9 Å². The molecule has 0 radical (unpaired) electrons. The predicted molar refractivity (Wildman–Crippen MR) is 137 cm³/mol. The Bertz CT molecular complexity index is 1310. The highest BCUT2D eigenvalue weighted by atomic mass is 16.4. The Hall–Kier alpha value is -4.71. The maximum Gasteiger partial charge on any atom is 0.326 e. The van der Waals surface area contributed by atoms with Crippen LogP contribution in [0.4, 0.5) is 0 Å². The summed E-state index contributed by atoms with van der Waals surface area (Å²) in [5.74, 6) is -5.15. The summed E-state index contributed by atoms with van der Waals surface area (Å²) in [4.78, 5) is 64.4. The molecule has 3 unspecified atom stereocenters. The molecule has 3 rings (SSSR count). The molecular formula is C26H29N5O7. The van der Waals surface area contributed by atoms with Crippen molar-refractivity contribution in [2.75, 3.05) is 6.54 Å². The van der Waals surface area contributed by atoms with Gasteiger partial charge in [-0.1, -0.05) is 48.5 Å². The number of rotatable bonds is 13. The van der Waals surface area contributed by atoms with Crippen molar-refractivity contribution in [3.05, 3.63) is 71.9 Å². The summed E-state index contributed by atoms with van der Waals surface area (Å²) in [6, 6.07) is 11.8. The number of para-hydroxylation sites is 1. The van der Waals surface area contributed by atoms with Crippen molar-refractivity contribution < 1.29 is 34.2 Å². The molecule has 1 aromatic heterocycles. The van der Waals surface area contributed by atoms with Gasteiger partial charge in [0.1, 0.15) is 18.1 Å². The van der Waals surface area contributed by atoms with Crippen molar-refractivity contribution >= 4 is 40.6 Å². The fraction of sp³-hybridized carbons (Fsp3) is 0.269. The van der Waals surface area contributed by atoms with Crippen LogP contribution in [0, 0.1) is 0 Å². The lowest BCUT2D eigenvalue weighted by atomic mass is 10.0. The quantitative estimate of drug-likeness (QED) is 0.161. The predicted octanol–water partition coefficient (Wildman–Crippen LogP) is -0.0745. The van der Waals surface area contributed by atoms with E-state index in [0.717, 1.165) is 10.9 Å². The average Bonchev–Trinajstić information content (AvgIpc) is 3.30. The zero-order valence-electron chi connectivity index (χ0n) is 20.3. The second kappa shape index (κ2) is 13.0. The monoisotopic (exact) mass is 523 g/mol. The minimum absolute atomic E-state index is 0.0537. The van der Waals surface area contributed by atoms with Crippen LogP contribution in [0.25, 0.3) is 10.9 Å². The first-order valence-corrected chi connectivity index (χ1v) is 11.8. The van der Waals surface area contributed by atoms with Gasteiger partial charge < -0.3 is 36.9 Å². The Morgan fingerprint density at radius 1 is 0.789 bits per heavy atom. The number of hydrogen-bond donors (Lipinski definition) is 7. The summed E-state index contributed by atoms with van der Waals surface area (Å²) in [5.41, 5.74) is 7.49. The minimum atomic E-state index is -1.60. The van der Waals surface area contributed by atoms with E-state index in [1.165, 1.54) is 0 Å². The zero-order chi connectivity index (χ0) is 27.7. The summed E-state index contributed by atoms with van der Waals surface area (Å²) in [6.07, 6.45) is 0.803. The summed E-state index contributed by atoms with van der Waals surface area (Å²) >= 11 is 0. The number of nitrogens with one attached hydrogen (secondary N) is 4. The van der Waals surface area contributed by atoms with Crippen LogP contribution < -0.4 is 21.7 Å². The number of carbonyl (C=O) groups is 5. The lowest BCUT2D eigenvalue weighted by Crippen LogP contribution is -2.57. The molecule has 0 saturated carbocycles. The smallest absolute Gasteiger partial charge is 0.326 e. The lowest BCUT2D eigenvalue weighted by Gasteiger charge is -2.24. The molecule has 1 heterocycles. The number of carbonyl (C=O) groups excluding carboxylic acids is 3. The third kappa shape index (κ3) is 7.64. The Morgan fingerprint density at radius 2 is 1.42 bits per heavy atom. The summed E-state index contributed by atoms with van der Waals surface area (Å²) in [5, 5.41) is 27.0. The van der Waals surface area contributed by atoms with Crippen molar-refractivity contribution in [3.8, 4) is 0 Å². The molecule has 3 aromatic rings. The molecule has 0 saturated heterocycles. The van der Waals surface area contributed by atoms with Gasteiger partial charge in [0.25, 0.3) is 0 Å². The van der Waals surface area contributed by atoms with Crippen LogP contribution >= 0.6 is 0 Å². The minimum Gasteiger partial charge on any atom is -0.481 e. The highest BCUT2D eigenvalue weighted by Crippen LogP contribution is 2.19. The maximum atomic E-state index is 13.1. The molecule has 0 bridgehead atoms. The van der Waals surface area contributed by atoms with Crippen LogP contribution in [0.3, 0.4) is 0 Å². The van der Waals surface area contributed by atoms with E-state index in [2.05, 4.69) is 20.9 Å². The van der Waals surface area contributed by atoms with Gasteiger partial charge in [0, 0.05) is 29.9 Å². The number of aromatic amines is 1. The fourth-order valence-corrected chi connectivity index (χ4v) is 3.96. The van der Waals surface area contributed by atoms with Gasteiger partial charge in [-0.3, -0.25) is 19.2 Å². The van der Waals surface area contributed by atoms with E-state index >= 15 is 0 Å². The fourth-order valence-electron chi connectivity index (χ4n) is 3.96. The topological polar surface area (TPSA) is 204 Å². The summed E-state index contributed by atoms with van der Waals surface area (Å²) in [7, 11) is 0. The molecule has 2 aromatic carbocycles. The number of fused-ring (bicyclic) bond motifs is 1. The number of benzene rings is 2. The third-order valence-electron chi connectivity index (χ3n) is 5.85. The number of carboxylic acid groups (broad SMARTS) is 2. The van der Waals surface area contributed by atoms with Gasteiger partial charge in [-0.05, 0) is 17.2 Å². The van der Waals surface area contributed by atoms with E-state index in [9.17, 15) is 34.2 Å². The Kier molecular flexibility index (Phi) is 9.54. The lowest BCUT2D eigenvalue weighted by molar-refractivity contribution is -0.143. The van der Waals surface area contributed by atoms with Crippen LogP contribution in [0.5, 0.6) is 0 Å². The van der Waals surface area contributed by atoms with E-state index < -0.39 is 54.2 Å². The van der Waals surface area contributed by atoms with Gasteiger partial charge in [0.05, 0.1) is 13.0 Å². The van der Waals surface area contributed by atoms with E-state index in [1.807, 2.05) is 12.1 Å². The number of amides is 3. The molecule has 0 spiro atoms. The highest BCUT2D eigenvalue weighted by molar-refractivity contribution is 5.95. The van der Waals surface area contributed by atoms with E-state index in [-0.39, 0.29) is 19.4 Å². The second-order valence-corrected chi connectivity index (χ2v) is 8.64. The van der Waals surface area contributed by atoms with Crippen LogP contribution in [-0.2, 0) is 36.8 Å². The van der Waals surface area contributed by atoms with E-state index in [1.54, 1.807) is 48.7 Å². The largest absolute Gasteiger partial charge is 0.481 e. The molecule has 0 aliphatic heterocycles.